The van der Waals surface area contributed by atoms with Gasteiger partial charge in [-0.3, -0.25) is 9.69 Å². The van der Waals surface area contributed by atoms with E-state index in [9.17, 15) is 4.79 Å². The quantitative estimate of drug-likeness (QED) is 0.773. The fraction of sp³-hybridized carbons (Fsp3) is 0.316. The molecule has 0 heterocycles. The maximum absolute atomic E-state index is 12.2. The van der Waals surface area contributed by atoms with Gasteiger partial charge in [0.1, 0.15) is 5.75 Å². The number of aryl methyl sites for hydroxylation is 1. The van der Waals surface area contributed by atoms with E-state index in [0.29, 0.717) is 13.1 Å². The van der Waals surface area contributed by atoms with Crippen molar-refractivity contribution in [2.45, 2.75) is 19.9 Å². The van der Waals surface area contributed by atoms with Crippen LogP contribution in [-0.2, 0) is 17.8 Å². The molecular weight excluding hydrogens is 368 g/mol. The lowest BCUT2D eigenvalue weighted by molar-refractivity contribution is -0.117. The molecule has 1 amide bonds. The summed E-state index contributed by atoms with van der Waals surface area (Å²) < 4.78 is 6.37. The number of ether oxygens (including phenoxy) is 1. The molecule has 1 N–H and O–H groups in total. The fourth-order valence-corrected chi connectivity index (χ4v) is 2.90. The summed E-state index contributed by atoms with van der Waals surface area (Å²) in [6.07, 6.45) is 0.992. The van der Waals surface area contributed by atoms with Crippen molar-refractivity contribution < 1.29 is 9.53 Å². The Morgan fingerprint density at radius 2 is 1.92 bits per heavy atom. The van der Waals surface area contributed by atoms with Crippen molar-refractivity contribution in [2.75, 3.05) is 26.0 Å². The second-order valence-electron chi connectivity index (χ2n) is 5.73. The molecule has 128 valence electrons. The van der Waals surface area contributed by atoms with Crippen LogP contribution in [0.2, 0.25) is 0 Å². The van der Waals surface area contributed by atoms with Crippen molar-refractivity contribution in [3.63, 3.8) is 0 Å². The van der Waals surface area contributed by atoms with Crippen molar-refractivity contribution in [1.29, 1.82) is 0 Å². The summed E-state index contributed by atoms with van der Waals surface area (Å²) in [5.74, 6) is 0.788. The number of benzene rings is 2. The topological polar surface area (TPSA) is 41.6 Å². The maximum Gasteiger partial charge on any atom is 0.238 e. The molecule has 0 fully saturated rings. The van der Waals surface area contributed by atoms with Gasteiger partial charge in [-0.25, -0.2) is 0 Å². The second kappa shape index (κ2) is 8.85. The van der Waals surface area contributed by atoms with Crippen LogP contribution in [0.5, 0.6) is 5.75 Å². The van der Waals surface area contributed by atoms with Crippen LogP contribution in [0.3, 0.4) is 0 Å². The third-order valence-electron chi connectivity index (χ3n) is 3.74. The molecule has 0 spiro atoms. The van der Waals surface area contributed by atoms with E-state index in [2.05, 4.69) is 28.2 Å². The van der Waals surface area contributed by atoms with Gasteiger partial charge in [-0.2, -0.15) is 0 Å². The number of likely N-dealkylation sites (N-methyl/N-ethyl adjacent to an activating group) is 1. The van der Waals surface area contributed by atoms with Crippen LogP contribution in [0.15, 0.2) is 46.9 Å². The second-order valence-corrected chi connectivity index (χ2v) is 6.64. The van der Waals surface area contributed by atoms with Gasteiger partial charge in [-0.05, 0) is 49.4 Å². The molecule has 0 radical (unpaired) electrons. The minimum Gasteiger partial charge on any atom is -0.496 e. The smallest absolute Gasteiger partial charge is 0.238 e. The van der Waals surface area contributed by atoms with Gasteiger partial charge < -0.3 is 10.1 Å². The lowest BCUT2D eigenvalue weighted by atomic mass is 10.1. The molecule has 0 aliphatic carbocycles. The highest BCUT2D eigenvalue weighted by Crippen LogP contribution is 2.24. The first-order chi connectivity index (χ1) is 11.5. The van der Waals surface area contributed by atoms with Crippen LogP contribution < -0.4 is 10.1 Å². The third-order valence-corrected chi connectivity index (χ3v) is 4.24. The number of rotatable bonds is 7. The molecule has 0 aliphatic heterocycles. The summed E-state index contributed by atoms with van der Waals surface area (Å²) in [5, 5.41) is 2.93. The Morgan fingerprint density at radius 1 is 1.21 bits per heavy atom. The van der Waals surface area contributed by atoms with Gasteiger partial charge in [-0.1, -0.05) is 35.0 Å². The average molecular weight is 391 g/mol. The predicted octanol–water partition coefficient (Wildman–Crippen LogP) is 4.09. The van der Waals surface area contributed by atoms with E-state index < -0.39 is 0 Å². The monoisotopic (exact) mass is 390 g/mol. The zero-order valence-electron chi connectivity index (χ0n) is 14.3. The molecule has 24 heavy (non-hydrogen) atoms. The van der Waals surface area contributed by atoms with Crippen LogP contribution in [0.1, 0.15) is 18.1 Å². The van der Waals surface area contributed by atoms with Crippen LogP contribution in [0, 0.1) is 0 Å². The van der Waals surface area contributed by atoms with Gasteiger partial charge in [-0.15, -0.1) is 0 Å². The van der Waals surface area contributed by atoms with Gasteiger partial charge in [0.05, 0.1) is 13.7 Å². The number of halogens is 1. The number of hydrogen-bond donors (Lipinski definition) is 1. The van der Waals surface area contributed by atoms with Gasteiger partial charge in [0, 0.05) is 22.3 Å². The minimum atomic E-state index is -0.0317. The highest BCUT2D eigenvalue weighted by atomic mass is 79.9. The van der Waals surface area contributed by atoms with Crippen molar-refractivity contribution in [3.05, 3.63) is 58.1 Å². The number of nitrogens with one attached hydrogen (secondary N) is 1. The Hall–Kier alpha value is -1.85. The Bertz CT molecular complexity index is 686. The third kappa shape index (κ3) is 5.35. The summed E-state index contributed by atoms with van der Waals surface area (Å²) in [6, 6.07) is 13.8. The SMILES string of the molecule is CCc1ccc(NC(=O)CN(C)Cc2cc(Br)ccc2OC)cc1. The molecule has 0 aliphatic rings. The summed E-state index contributed by atoms with van der Waals surface area (Å²) in [5.41, 5.74) is 3.12. The number of carbonyl (C=O) groups is 1. The molecule has 2 aromatic rings. The van der Waals surface area contributed by atoms with Crippen LogP contribution >= 0.6 is 15.9 Å². The lowest BCUT2D eigenvalue weighted by Crippen LogP contribution is -2.30. The number of hydrogen-bond acceptors (Lipinski definition) is 3. The summed E-state index contributed by atoms with van der Waals surface area (Å²) in [6.45, 7) is 3.05. The number of amides is 1. The largest absolute Gasteiger partial charge is 0.496 e. The van der Waals surface area contributed by atoms with E-state index in [4.69, 9.17) is 4.74 Å². The van der Waals surface area contributed by atoms with E-state index in [1.54, 1.807) is 7.11 Å². The fourth-order valence-electron chi connectivity index (χ4n) is 2.49. The van der Waals surface area contributed by atoms with Gasteiger partial charge in [0.25, 0.3) is 0 Å². The molecule has 5 heteroatoms. The zero-order valence-corrected chi connectivity index (χ0v) is 15.9. The molecule has 4 nitrogen and oxygen atoms in total. The van der Waals surface area contributed by atoms with Crippen molar-refractivity contribution >= 4 is 27.5 Å². The molecule has 0 atom stereocenters. The van der Waals surface area contributed by atoms with E-state index in [1.165, 1.54) is 5.56 Å². The van der Waals surface area contributed by atoms with Crippen molar-refractivity contribution in [2.24, 2.45) is 0 Å². The summed E-state index contributed by atoms with van der Waals surface area (Å²) in [4.78, 5) is 14.2. The summed E-state index contributed by atoms with van der Waals surface area (Å²) >= 11 is 3.47. The molecular formula is C19H23BrN2O2. The number of nitrogens with zero attached hydrogens (tertiary/aromatic N) is 1. The molecule has 2 aromatic carbocycles. The number of methoxy groups -OCH3 is 1. The Morgan fingerprint density at radius 3 is 2.54 bits per heavy atom. The molecule has 2 rings (SSSR count). The average Bonchev–Trinajstić information content (AvgIpc) is 2.55. The van der Waals surface area contributed by atoms with Gasteiger partial charge >= 0.3 is 0 Å². The first-order valence-electron chi connectivity index (χ1n) is 7.91. The van der Waals surface area contributed by atoms with Crippen molar-refractivity contribution in [1.82, 2.24) is 4.90 Å². The standard InChI is InChI=1S/C19H23BrN2O2/c1-4-14-5-8-17(9-6-14)21-19(23)13-22(2)12-15-11-16(20)7-10-18(15)24-3/h5-11H,4,12-13H2,1-3H3,(H,21,23). The Labute approximate surface area is 151 Å². The van der Waals surface area contributed by atoms with Gasteiger partial charge in [0.2, 0.25) is 5.91 Å². The lowest BCUT2D eigenvalue weighted by Gasteiger charge is -2.18. The molecule has 0 saturated carbocycles. The Kier molecular flexibility index (Phi) is 6.82. The first kappa shape index (κ1) is 18.5. The molecule has 0 bridgehead atoms. The van der Waals surface area contributed by atoms with Crippen LogP contribution in [0.4, 0.5) is 5.69 Å². The van der Waals surface area contributed by atoms with E-state index in [1.807, 2.05) is 54.4 Å². The van der Waals surface area contributed by atoms with Crippen LogP contribution in [0.25, 0.3) is 0 Å². The summed E-state index contributed by atoms with van der Waals surface area (Å²) in [7, 11) is 3.57. The number of carbonyl (C=O) groups excluding carboxylic acids is 1. The molecule has 0 unspecified atom stereocenters. The Balaban J connectivity index is 1.92. The molecule has 0 aromatic heterocycles. The zero-order chi connectivity index (χ0) is 17.5. The van der Waals surface area contributed by atoms with E-state index in [-0.39, 0.29) is 5.91 Å². The first-order valence-corrected chi connectivity index (χ1v) is 8.71. The predicted molar refractivity (Wildman–Crippen MR) is 101 cm³/mol. The number of anilines is 1. The van der Waals surface area contributed by atoms with Crippen molar-refractivity contribution in [3.8, 4) is 5.75 Å². The highest BCUT2D eigenvalue weighted by Gasteiger charge is 2.11. The normalized spacial score (nSPS) is 10.7. The van der Waals surface area contributed by atoms with Crippen LogP contribution in [-0.4, -0.2) is 31.5 Å². The van der Waals surface area contributed by atoms with E-state index >= 15 is 0 Å². The molecule has 0 saturated heterocycles. The highest BCUT2D eigenvalue weighted by molar-refractivity contribution is 9.10. The van der Waals surface area contributed by atoms with E-state index in [0.717, 1.165) is 27.9 Å². The van der Waals surface area contributed by atoms with Gasteiger partial charge in [0.15, 0.2) is 0 Å². The maximum atomic E-state index is 12.2. The minimum absolute atomic E-state index is 0.0317.